The van der Waals surface area contributed by atoms with Crippen molar-refractivity contribution < 1.29 is 10.2 Å². The van der Waals surface area contributed by atoms with Gasteiger partial charge in [0.25, 0.3) is 0 Å². The molecule has 4 aliphatic carbocycles. The Morgan fingerprint density at radius 2 is 1.71 bits per heavy atom. The number of aliphatic hydroxyl groups excluding tert-OH is 1. The van der Waals surface area contributed by atoms with Gasteiger partial charge in [0.05, 0.1) is 11.7 Å². The van der Waals surface area contributed by atoms with Crippen LogP contribution in [0.15, 0.2) is 42.0 Å². The summed E-state index contributed by atoms with van der Waals surface area (Å²) < 4.78 is 0. The average molecular weight is 479 g/mol. The molecule has 0 heterocycles. The molecule has 2 N–H and O–H groups in total. The fourth-order valence-electron chi connectivity index (χ4n) is 9.73. The number of hydrogen-bond acceptors (Lipinski definition) is 2. The molecule has 2 heteroatoms. The van der Waals surface area contributed by atoms with Crippen LogP contribution in [0.5, 0.6) is 0 Å². The Morgan fingerprint density at radius 1 is 0.943 bits per heavy atom. The lowest BCUT2D eigenvalue weighted by atomic mass is 9.46. The van der Waals surface area contributed by atoms with Crippen molar-refractivity contribution >= 4 is 0 Å². The van der Waals surface area contributed by atoms with Crippen molar-refractivity contribution in [3.8, 4) is 0 Å². The van der Waals surface area contributed by atoms with Gasteiger partial charge in [-0.25, -0.2) is 0 Å². The number of allylic oxidation sites excluding steroid dienone is 1. The van der Waals surface area contributed by atoms with Crippen molar-refractivity contribution in [2.45, 2.75) is 116 Å². The van der Waals surface area contributed by atoms with E-state index in [2.05, 4.69) is 45.9 Å². The predicted molar refractivity (Wildman–Crippen MR) is 145 cm³/mol. The van der Waals surface area contributed by atoms with E-state index in [9.17, 15) is 10.2 Å². The van der Waals surface area contributed by atoms with E-state index in [1.54, 1.807) is 5.57 Å². The van der Waals surface area contributed by atoms with Crippen molar-refractivity contribution in [1.82, 2.24) is 0 Å². The molecule has 0 spiro atoms. The summed E-state index contributed by atoms with van der Waals surface area (Å²) in [7, 11) is 0. The van der Waals surface area contributed by atoms with E-state index in [-0.39, 0.29) is 6.10 Å². The van der Waals surface area contributed by atoms with Gasteiger partial charge in [-0.2, -0.15) is 0 Å². The van der Waals surface area contributed by atoms with Gasteiger partial charge in [0.15, 0.2) is 0 Å². The maximum absolute atomic E-state index is 11.0. The van der Waals surface area contributed by atoms with Gasteiger partial charge in [-0.05, 0) is 117 Å². The molecule has 3 saturated carbocycles. The minimum Gasteiger partial charge on any atom is -0.390 e. The fraction of sp³-hybridized carbons (Fsp3) is 0.758. The quantitative estimate of drug-likeness (QED) is 0.387. The maximum atomic E-state index is 11.0. The van der Waals surface area contributed by atoms with Gasteiger partial charge in [0, 0.05) is 0 Å². The Balaban J connectivity index is 1.30. The van der Waals surface area contributed by atoms with E-state index in [4.69, 9.17) is 0 Å². The van der Waals surface area contributed by atoms with Crippen LogP contribution in [0.3, 0.4) is 0 Å². The first-order chi connectivity index (χ1) is 16.7. The Labute approximate surface area is 214 Å². The van der Waals surface area contributed by atoms with Crippen LogP contribution in [0, 0.1) is 40.4 Å². The third-order valence-electron chi connectivity index (χ3n) is 12.1. The van der Waals surface area contributed by atoms with E-state index >= 15 is 0 Å². The number of benzene rings is 1. The van der Waals surface area contributed by atoms with E-state index < -0.39 is 5.60 Å². The highest BCUT2D eigenvalue weighted by atomic mass is 16.3. The number of fused-ring (bicyclic) bond motifs is 5. The van der Waals surface area contributed by atoms with Crippen LogP contribution in [0.4, 0.5) is 0 Å². The lowest BCUT2D eigenvalue weighted by molar-refractivity contribution is -0.0767. The molecule has 1 aromatic carbocycles. The van der Waals surface area contributed by atoms with Gasteiger partial charge in [0.1, 0.15) is 0 Å². The standard InChI is InChI=1S/C33H50O2/c1-5-23(12-17-30(34)24-10-8-7-9-11-24)27-15-16-28-26-14-13-25-22-33(35,6-2)21-20-31(25,3)29(26)18-19-32(27,28)4/h7-11,13,23,26-30,34-35H,5-6,12,14-22H2,1-4H3/t23-,26+,27-,28+,29+,30+,31+,32-,33+/m1/s1. The molecule has 0 radical (unpaired) electrons. The molecule has 0 saturated heterocycles. The van der Waals surface area contributed by atoms with Crippen LogP contribution >= 0.6 is 0 Å². The van der Waals surface area contributed by atoms with Crippen LogP contribution in [-0.2, 0) is 0 Å². The second kappa shape index (κ2) is 9.64. The summed E-state index contributed by atoms with van der Waals surface area (Å²) in [4.78, 5) is 0. The third kappa shape index (κ3) is 4.35. The molecule has 0 amide bonds. The average Bonchev–Trinajstić information content (AvgIpc) is 3.22. The molecule has 5 rings (SSSR count). The highest BCUT2D eigenvalue weighted by Crippen LogP contribution is 2.68. The van der Waals surface area contributed by atoms with Crippen molar-refractivity contribution in [1.29, 1.82) is 0 Å². The first-order valence-corrected chi connectivity index (χ1v) is 14.9. The Hall–Kier alpha value is -1.12. The highest BCUT2D eigenvalue weighted by Gasteiger charge is 2.60. The smallest absolute Gasteiger partial charge is 0.0790 e. The zero-order chi connectivity index (χ0) is 24.8. The first-order valence-electron chi connectivity index (χ1n) is 14.9. The maximum Gasteiger partial charge on any atom is 0.0790 e. The lowest BCUT2D eigenvalue weighted by Gasteiger charge is -2.59. The van der Waals surface area contributed by atoms with Gasteiger partial charge in [0.2, 0.25) is 0 Å². The van der Waals surface area contributed by atoms with Crippen molar-refractivity contribution in [3.63, 3.8) is 0 Å². The topological polar surface area (TPSA) is 40.5 Å². The molecule has 35 heavy (non-hydrogen) atoms. The molecule has 0 aliphatic heterocycles. The van der Waals surface area contributed by atoms with Crippen molar-refractivity contribution in [3.05, 3.63) is 47.5 Å². The van der Waals surface area contributed by atoms with Crippen molar-refractivity contribution in [2.75, 3.05) is 0 Å². The van der Waals surface area contributed by atoms with Gasteiger partial charge in [-0.15, -0.1) is 0 Å². The minimum absolute atomic E-state index is 0.313. The monoisotopic (exact) mass is 478 g/mol. The SMILES string of the molecule is CC[C@H](CC[C@H](O)c1ccccc1)[C@H]1CC[C@H]2[C@@H]3CC=C4C[C@](O)(CC)CC[C@]4(C)[C@H]3CC[C@]12C. The normalized spacial score (nSPS) is 42.4. The van der Waals surface area contributed by atoms with Crippen LogP contribution < -0.4 is 0 Å². The largest absolute Gasteiger partial charge is 0.390 e. The summed E-state index contributed by atoms with van der Waals surface area (Å²) in [5.41, 5.74) is 2.97. The molecular formula is C33H50O2. The Morgan fingerprint density at radius 3 is 2.43 bits per heavy atom. The molecule has 0 bridgehead atoms. The second-order valence-corrected chi connectivity index (χ2v) is 13.4. The minimum atomic E-state index is -0.460. The first kappa shape index (κ1) is 25.5. The number of rotatable bonds is 7. The molecule has 9 atom stereocenters. The molecule has 0 aromatic heterocycles. The highest BCUT2D eigenvalue weighted by molar-refractivity contribution is 5.27. The van der Waals surface area contributed by atoms with Gasteiger partial charge in [-0.1, -0.05) is 76.1 Å². The lowest BCUT2D eigenvalue weighted by Crippen LogP contribution is -2.52. The summed E-state index contributed by atoms with van der Waals surface area (Å²) in [6.07, 6.45) is 16.2. The molecule has 194 valence electrons. The van der Waals surface area contributed by atoms with Crippen molar-refractivity contribution in [2.24, 2.45) is 40.4 Å². The van der Waals surface area contributed by atoms with Gasteiger partial charge < -0.3 is 10.2 Å². The van der Waals surface area contributed by atoms with Gasteiger partial charge >= 0.3 is 0 Å². The van der Waals surface area contributed by atoms with E-state index in [1.165, 1.54) is 44.9 Å². The van der Waals surface area contributed by atoms with Crippen LogP contribution in [0.1, 0.15) is 116 Å². The Bertz CT molecular complexity index is 907. The second-order valence-electron chi connectivity index (χ2n) is 13.4. The van der Waals surface area contributed by atoms with Crippen LogP contribution in [0.25, 0.3) is 0 Å². The third-order valence-corrected chi connectivity index (χ3v) is 12.1. The molecule has 0 unspecified atom stereocenters. The zero-order valence-electron chi connectivity index (χ0n) is 22.8. The molecule has 4 aliphatic rings. The zero-order valence-corrected chi connectivity index (χ0v) is 22.8. The van der Waals surface area contributed by atoms with Crippen LogP contribution in [0.2, 0.25) is 0 Å². The summed E-state index contributed by atoms with van der Waals surface area (Å²) >= 11 is 0. The molecular weight excluding hydrogens is 428 g/mol. The molecule has 3 fully saturated rings. The molecule has 2 nitrogen and oxygen atoms in total. The number of hydrogen-bond donors (Lipinski definition) is 2. The van der Waals surface area contributed by atoms with E-state index in [0.717, 1.165) is 67.3 Å². The van der Waals surface area contributed by atoms with E-state index in [0.29, 0.717) is 10.8 Å². The van der Waals surface area contributed by atoms with E-state index in [1.807, 2.05) is 18.2 Å². The predicted octanol–water partition coefficient (Wildman–Crippen LogP) is 8.25. The summed E-state index contributed by atoms with van der Waals surface area (Å²) in [5, 5.41) is 21.9. The molecule has 1 aromatic rings. The Kier molecular flexibility index (Phi) is 7.03. The number of aliphatic hydroxyl groups is 2. The summed E-state index contributed by atoms with van der Waals surface area (Å²) in [5.74, 6) is 4.00. The summed E-state index contributed by atoms with van der Waals surface area (Å²) in [6.45, 7) is 9.75. The summed E-state index contributed by atoms with van der Waals surface area (Å²) in [6, 6.07) is 10.2. The van der Waals surface area contributed by atoms with Gasteiger partial charge in [-0.3, -0.25) is 0 Å². The fourth-order valence-corrected chi connectivity index (χ4v) is 9.73. The van der Waals surface area contributed by atoms with Crippen LogP contribution in [-0.4, -0.2) is 15.8 Å².